The molecular weight excluding hydrogens is 93.9 g/mol. The molecule has 1 heterocycles. The van der Waals surface area contributed by atoms with Gasteiger partial charge in [-0.2, -0.15) is 0 Å². The van der Waals surface area contributed by atoms with Crippen LogP contribution in [0.4, 0.5) is 4.39 Å². The largest absolute Gasteiger partial charge is 0.472 e. The molecule has 1 aliphatic heterocycles. The van der Waals surface area contributed by atoms with Gasteiger partial charge in [-0.3, -0.25) is 0 Å². The van der Waals surface area contributed by atoms with Crippen LogP contribution in [0.5, 0.6) is 0 Å². The van der Waals surface area contributed by atoms with Crippen LogP contribution < -0.4 is 0 Å². The molecular formula is C4H3BFO. The van der Waals surface area contributed by atoms with Crippen molar-refractivity contribution in [3.05, 3.63) is 24.2 Å². The molecule has 1 aliphatic rings. The maximum Gasteiger partial charge on any atom is 0.229 e. The monoisotopic (exact) mass is 97.0 g/mol. The highest BCUT2D eigenvalue weighted by Gasteiger charge is 1.96. The number of halogens is 1. The fourth-order valence-electron chi connectivity index (χ4n) is 0.320. The van der Waals surface area contributed by atoms with Crippen LogP contribution in [0.3, 0.4) is 0 Å². The highest BCUT2D eigenvalue weighted by atomic mass is 19.1. The summed E-state index contributed by atoms with van der Waals surface area (Å²) in [6, 6.07) is 0. The summed E-state index contributed by atoms with van der Waals surface area (Å²) in [4.78, 5) is 0. The average Bonchev–Trinajstić information content (AvgIpc) is 1.69. The van der Waals surface area contributed by atoms with Crippen molar-refractivity contribution in [2.24, 2.45) is 0 Å². The molecule has 0 saturated heterocycles. The lowest BCUT2D eigenvalue weighted by Gasteiger charge is -1.95. The van der Waals surface area contributed by atoms with E-state index in [0.717, 1.165) is 6.26 Å². The number of rotatable bonds is 0. The van der Waals surface area contributed by atoms with Crippen molar-refractivity contribution in [2.45, 2.75) is 0 Å². The molecule has 0 N–H and O–H groups in total. The number of ether oxygens (including phenoxy) is 1. The van der Waals surface area contributed by atoms with Crippen LogP contribution >= 0.6 is 0 Å². The first kappa shape index (κ1) is 4.43. The fourth-order valence-corrected chi connectivity index (χ4v) is 0.320. The Morgan fingerprint density at radius 3 is 2.86 bits per heavy atom. The second-order valence-electron chi connectivity index (χ2n) is 1.13. The van der Waals surface area contributed by atoms with Gasteiger partial charge in [0, 0.05) is 0 Å². The molecule has 1 nitrogen and oxygen atoms in total. The van der Waals surface area contributed by atoms with Gasteiger partial charge in [0.1, 0.15) is 6.26 Å². The topological polar surface area (TPSA) is 9.23 Å². The lowest BCUT2D eigenvalue weighted by molar-refractivity contribution is 0.386. The minimum absolute atomic E-state index is 0.345. The molecule has 0 aliphatic carbocycles. The minimum Gasteiger partial charge on any atom is -0.472 e. The third-order valence-electron chi connectivity index (χ3n) is 0.593. The van der Waals surface area contributed by atoms with E-state index in [4.69, 9.17) is 0 Å². The summed E-state index contributed by atoms with van der Waals surface area (Å²) in [5, 5.41) is 0. The SMILES string of the molecule is FC1=COC=C[B]1. The van der Waals surface area contributed by atoms with Gasteiger partial charge in [0.25, 0.3) is 0 Å². The van der Waals surface area contributed by atoms with E-state index >= 15 is 0 Å². The Hall–Kier alpha value is -0.725. The summed E-state index contributed by atoms with van der Waals surface area (Å²) in [5.74, 6) is 1.50. The third-order valence-corrected chi connectivity index (χ3v) is 0.593. The second-order valence-corrected chi connectivity index (χ2v) is 1.13. The summed E-state index contributed by atoms with van der Waals surface area (Å²) in [6.45, 7) is 0. The highest BCUT2D eigenvalue weighted by Crippen LogP contribution is 1.99. The Morgan fingerprint density at radius 2 is 2.57 bits per heavy atom. The van der Waals surface area contributed by atoms with Crippen LogP contribution in [0.1, 0.15) is 0 Å². The van der Waals surface area contributed by atoms with Crippen LogP contribution in [0.25, 0.3) is 0 Å². The molecule has 0 aromatic rings. The van der Waals surface area contributed by atoms with Gasteiger partial charge in [0.2, 0.25) is 7.28 Å². The van der Waals surface area contributed by atoms with Crippen molar-refractivity contribution >= 4 is 7.28 Å². The van der Waals surface area contributed by atoms with Crippen LogP contribution in [0, 0.1) is 0 Å². The Kier molecular flexibility index (Phi) is 1.15. The first-order chi connectivity index (χ1) is 3.39. The standard InChI is InChI=1S/C4H3BFO/c6-4-3-7-2-1-5-4/h1-3H. The van der Waals surface area contributed by atoms with E-state index in [-0.39, 0.29) is 5.73 Å². The molecule has 1 rings (SSSR count). The maximum absolute atomic E-state index is 11.8. The Balaban J connectivity index is 2.50. The predicted octanol–water partition coefficient (Wildman–Crippen LogP) is 0.960. The van der Waals surface area contributed by atoms with Crippen LogP contribution in [0.15, 0.2) is 24.2 Å². The first-order valence-electron chi connectivity index (χ1n) is 1.90. The van der Waals surface area contributed by atoms with E-state index in [9.17, 15) is 4.39 Å². The van der Waals surface area contributed by atoms with E-state index in [2.05, 4.69) is 4.74 Å². The predicted molar refractivity (Wildman–Crippen MR) is 25.2 cm³/mol. The van der Waals surface area contributed by atoms with Crippen molar-refractivity contribution in [1.82, 2.24) is 0 Å². The zero-order valence-corrected chi connectivity index (χ0v) is 3.60. The van der Waals surface area contributed by atoms with Crippen molar-refractivity contribution in [2.75, 3.05) is 0 Å². The Bertz CT molecular complexity index is 119. The number of hydrogen-bond donors (Lipinski definition) is 0. The highest BCUT2D eigenvalue weighted by molar-refractivity contribution is 6.50. The molecule has 0 atom stereocenters. The Morgan fingerprint density at radius 1 is 1.71 bits per heavy atom. The van der Waals surface area contributed by atoms with E-state index in [1.54, 1.807) is 0 Å². The van der Waals surface area contributed by atoms with Crippen molar-refractivity contribution < 1.29 is 9.13 Å². The van der Waals surface area contributed by atoms with Crippen LogP contribution in [0.2, 0.25) is 0 Å². The van der Waals surface area contributed by atoms with E-state index in [1.165, 1.54) is 19.5 Å². The molecule has 0 spiro atoms. The normalized spacial score (nSPS) is 17.0. The van der Waals surface area contributed by atoms with Gasteiger partial charge in [-0.25, -0.2) is 4.39 Å². The van der Waals surface area contributed by atoms with Gasteiger partial charge in [-0.15, -0.1) is 0 Å². The maximum atomic E-state index is 11.8. The van der Waals surface area contributed by atoms with Crippen molar-refractivity contribution in [3.63, 3.8) is 0 Å². The summed E-state index contributed by atoms with van der Waals surface area (Å²) in [7, 11) is 1.32. The molecule has 0 saturated carbocycles. The van der Waals surface area contributed by atoms with Crippen molar-refractivity contribution in [3.8, 4) is 0 Å². The minimum atomic E-state index is -0.345. The molecule has 35 valence electrons. The van der Waals surface area contributed by atoms with Gasteiger partial charge in [0.15, 0.2) is 0 Å². The second kappa shape index (κ2) is 1.82. The van der Waals surface area contributed by atoms with Gasteiger partial charge in [-0.05, 0) is 0 Å². The van der Waals surface area contributed by atoms with Crippen LogP contribution in [-0.2, 0) is 4.74 Å². The molecule has 0 bridgehead atoms. The first-order valence-corrected chi connectivity index (χ1v) is 1.90. The van der Waals surface area contributed by atoms with Crippen LogP contribution in [-0.4, -0.2) is 7.28 Å². The Labute approximate surface area is 41.7 Å². The summed E-state index contributed by atoms with van der Waals surface area (Å²) in [6.07, 6.45) is 2.45. The summed E-state index contributed by atoms with van der Waals surface area (Å²) >= 11 is 0. The van der Waals surface area contributed by atoms with E-state index < -0.39 is 0 Å². The van der Waals surface area contributed by atoms with Gasteiger partial charge < -0.3 is 4.74 Å². The molecule has 0 fully saturated rings. The molecule has 0 amide bonds. The quantitative estimate of drug-likeness (QED) is 0.409. The zero-order chi connectivity index (χ0) is 5.11. The molecule has 1 radical (unpaired) electrons. The smallest absolute Gasteiger partial charge is 0.229 e. The molecule has 3 heteroatoms. The lowest BCUT2D eigenvalue weighted by atomic mass is 9.77. The van der Waals surface area contributed by atoms with Crippen molar-refractivity contribution in [1.29, 1.82) is 0 Å². The zero-order valence-electron chi connectivity index (χ0n) is 3.60. The van der Waals surface area contributed by atoms with E-state index in [1.807, 2.05) is 0 Å². The lowest BCUT2D eigenvalue weighted by Crippen LogP contribution is -1.91. The van der Waals surface area contributed by atoms with Gasteiger partial charge >= 0.3 is 0 Å². The van der Waals surface area contributed by atoms with Gasteiger partial charge in [-0.1, -0.05) is 5.98 Å². The third kappa shape index (κ3) is 1.07. The molecule has 0 aromatic carbocycles. The fraction of sp³-hybridized carbons (Fsp3) is 0. The molecule has 7 heavy (non-hydrogen) atoms. The summed E-state index contributed by atoms with van der Waals surface area (Å²) < 4.78 is 16.2. The summed E-state index contributed by atoms with van der Waals surface area (Å²) in [5.41, 5.74) is -0.345. The van der Waals surface area contributed by atoms with E-state index in [0.29, 0.717) is 0 Å². The molecule has 0 unspecified atom stereocenters. The average molecular weight is 96.9 g/mol. The molecule has 0 aromatic heterocycles. The van der Waals surface area contributed by atoms with Gasteiger partial charge in [0.05, 0.1) is 12.0 Å². The number of hydrogen-bond acceptors (Lipinski definition) is 1.